The monoisotopic (exact) mass is 482 g/mol. The summed E-state index contributed by atoms with van der Waals surface area (Å²) in [5.41, 5.74) is 0. The maximum atomic E-state index is 5.97. The number of likely N-dealkylation sites (tertiary alicyclic amines) is 2. The summed E-state index contributed by atoms with van der Waals surface area (Å²) in [4.78, 5) is 9.78. The number of nitrogens with one attached hydrogen (secondary N) is 1. The van der Waals surface area contributed by atoms with Crippen LogP contribution in [0.3, 0.4) is 0 Å². The highest BCUT2D eigenvalue weighted by Gasteiger charge is 2.22. The van der Waals surface area contributed by atoms with E-state index >= 15 is 0 Å². The highest BCUT2D eigenvalue weighted by Crippen LogP contribution is 2.17. The van der Waals surface area contributed by atoms with E-state index in [0.29, 0.717) is 6.10 Å². The fraction of sp³-hybridized carbons (Fsp3) is 0.947. The Morgan fingerprint density at radius 2 is 1.77 bits per heavy atom. The van der Waals surface area contributed by atoms with E-state index in [1.165, 1.54) is 25.9 Å². The van der Waals surface area contributed by atoms with Crippen molar-refractivity contribution >= 4 is 29.9 Å². The third-order valence-electron chi connectivity index (χ3n) is 5.26. The third-order valence-corrected chi connectivity index (χ3v) is 5.26. The van der Waals surface area contributed by atoms with Crippen molar-refractivity contribution in [3.8, 4) is 0 Å². The van der Waals surface area contributed by atoms with Crippen molar-refractivity contribution in [2.45, 2.75) is 45.1 Å². The minimum absolute atomic E-state index is 0. The molecular weight excluding hydrogens is 443 g/mol. The molecule has 0 unspecified atom stereocenters. The van der Waals surface area contributed by atoms with Crippen LogP contribution < -0.4 is 5.32 Å². The molecule has 0 aromatic heterocycles. The summed E-state index contributed by atoms with van der Waals surface area (Å²) in [6, 6.07) is 0. The first-order chi connectivity index (χ1) is 12.2. The van der Waals surface area contributed by atoms with Gasteiger partial charge in [-0.3, -0.25) is 4.99 Å². The Morgan fingerprint density at radius 3 is 2.38 bits per heavy atom. The predicted molar refractivity (Wildman–Crippen MR) is 119 cm³/mol. The number of guanidine groups is 1. The molecule has 0 aromatic carbocycles. The van der Waals surface area contributed by atoms with Crippen LogP contribution in [0, 0.1) is 5.92 Å². The molecule has 6 nitrogen and oxygen atoms in total. The lowest BCUT2D eigenvalue weighted by Gasteiger charge is -2.34. The van der Waals surface area contributed by atoms with Gasteiger partial charge in [0.1, 0.15) is 0 Å². The normalized spacial score (nSPS) is 20.9. The van der Waals surface area contributed by atoms with E-state index in [1.807, 2.05) is 0 Å². The van der Waals surface area contributed by atoms with Gasteiger partial charge in [-0.25, -0.2) is 0 Å². The summed E-state index contributed by atoms with van der Waals surface area (Å²) in [5.74, 6) is 1.84. The number of nitrogens with zero attached hydrogens (tertiary/aromatic N) is 3. The van der Waals surface area contributed by atoms with E-state index in [2.05, 4.69) is 29.1 Å². The van der Waals surface area contributed by atoms with Gasteiger partial charge in [-0.05, 0) is 65.1 Å². The van der Waals surface area contributed by atoms with E-state index in [9.17, 15) is 0 Å². The Hall–Kier alpha value is -0.120. The highest BCUT2D eigenvalue weighted by molar-refractivity contribution is 14.0. The Bertz CT molecular complexity index is 382. The summed E-state index contributed by atoms with van der Waals surface area (Å²) in [6.07, 6.45) is 6.10. The molecule has 0 radical (unpaired) electrons. The van der Waals surface area contributed by atoms with E-state index in [0.717, 1.165) is 70.5 Å². The van der Waals surface area contributed by atoms with Crippen molar-refractivity contribution in [2.24, 2.45) is 10.9 Å². The van der Waals surface area contributed by atoms with Gasteiger partial charge < -0.3 is 24.6 Å². The van der Waals surface area contributed by atoms with Crippen LogP contribution in [-0.4, -0.2) is 88.5 Å². The average molecular weight is 482 g/mol. The molecule has 154 valence electrons. The maximum absolute atomic E-state index is 5.97. The smallest absolute Gasteiger partial charge is 0.193 e. The van der Waals surface area contributed by atoms with Gasteiger partial charge in [0.25, 0.3) is 0 Å². The van der Waals surface area contributed by atoms with Crippen molar-refractivity contribution in [1.82, 2.24) is 15.1 Å². The molecule has 0 aromatic rings. The molecule has 0 spiro atoms. The standard InChI is InChI=1S/C19H38N4O2.HI/c1-4-20-19(21-16-17-6-10-22(2)11-7-17)23-12-8-18(9-13-23)25-15-5-14-24-3;/h17-18H,4-16H2,1-3H3,(H,20,21);1H. The van der Waals surface area contributed by atoms with E-state index < -0.39 is 0 Å². The lowest BCUT2D eigenvalue weighted by Crippen LogP contribution is -2.47. The molecule has 2 aliphatic rings. The average Bonchev–Trinajstić information content (AvgIpc) is 2.64. The van der Waals surface area contributed by atoms with Gasteiger partial charge in [0.15, 0.2) is 5.96 Å². The third kappa shape index (κ3) is 8.71. The number of ether oxygens (including phenoxy) is 2. The molecule has 7 heteroatoms. The molecule has 2 heterocycles. The largest absolute Gasteiger partial charge is 0.385 e. The highest BCUT2D eigenvalue weighted by atomic mass is 127. The molecule has 2 saturated heterocycles. The molecule has 0 saturated carbocycles. The summed E-state index contributed by atoms with van der Waals surface area (Å²) < 4.78 is 11.0. The Kier molecular flexibility index (Phi) is 12.8. The second-order valence-corrected chi connectivity index (χ2v) is 7.34. The minimum atomic E-state index is 0. The molecule has 1 N–H and O–H groups in total. The second kappa shape index (κ2) is 14.0. The summed E-state index contributed by atoms with van der Waals surface area (Å²) in [6.45, 7) is 10.1. The van der Waals surface area contributed by atoms with Crippen molar-refractivity contribution in [3.63, 3.8) is 0 Å². The Balaban J connectivity index is 0.00000338. The number of methoxy groups -OCH3 is 1. The van der Waals surface area contributed by atoms with Gasteiger partial charge in [0, 0.05) is 46.5 Å². The first-order valence-electron chi connectivity index (χ1n) is 10.0. The van der Waals surface area contributed by atoms with Crippen molar-refractivity contribution in [3.05, 3.63) is 0 Å². The zero-order valence-electron chi connectivity index (χ0n) is 16.9. The van der Waals surface area contributed by atoms with Crippen LogP contribution in [0.1, 0.15) is 39.0 Å². The van der Waals surface area contributed by atoms with Crippen LogP contribution >= 0.6 is 24.0 Å². The molecule has 2 rings (SSSR count). The molecule has 0 bridgehead atoms. The van der Waals surface area contributed by atoms with Crippen LogP contribution in [0.5, 0.6) is 0 Å². The summed E-state index contributed by atoms with van der Waals surface area (Å²) in [5, 5.41) is 3.48. The molecule has 0 amide bonds. The number of hydrogen-bond acceptors (Lipinski definition) is 4. The van der Waals surface area contributed by atoms with Crippen molar-refractivity contribution in [1.29, 1.82) is 0 Å². The zero-order chi connectivity index (χ0) is 17.9. The van der Waals surface area contributed by atoms with Gasteiger partial charge >= 0.3 is 0 Å². The van der Waals surface area contributed by atoms with Crippen LogP contribution in [0.25, 0.3) is 0 Å². The number of rotatable bonds is 8. The predicted octanol–water partition coefficient (Wildman–Crippen LogP) is 2.43. The van der Waals surface area contributed by atoms with Crippen LogP contribution in [-0.2, 0) is 9.47 Å². The van der Waals surface area contributed by atoms with Crippen molar-refractivity contribution < 1.29 is 9.47 Å². The summed E-state index contributed by atoms with van der Waals surface area (Å²) in [7, 11) is 3.96. The maximum Gasteiger partial charge on any atom is 0.193 e. The number of piperidine rings is 2. The molecule has 26 heavy (non-hydrogen) atoms. The van der Waals surface area contributed by atoms with Crippen LogP contribution in [0.15, 0.2) is 4.99 Å². The molecule has 2 fully saturated rings. The number of aliphatic imine (C=N–C) groups is 1. The topological polar surface area (TPSA) is 49.3 Å². The van der Waals surface area contributed by atoms with Gasteiger partial charge in [0.05, 0.1) is 6.10 Å². The van der Waals surface area contributed by atoms with E-state index in [-0.39, 0.29) is 24.0 Å². The molecule has 0 atom stereocenters. The second-order valence-electron chi connectivity index (χ2n) is 7.34. The number of hydrogen-bond donors (Lipinski definition) is 1. The van der Waals surface area contributed by atoms with Gasteiger partial charge in [0.2, 0.25) is 0 Å². The zero-order valence-corrected chi connectivity index (χ0v) is 19.2. The molecule has 2 aliphatic heterocycles. The van der Waals surface area contributed by atoms with Crippen LogP contribution in [0.4, 0.5) is 0 Å². The van der Waals surface area contributed by atoms with Crippen LogP contribution in [0.2, 0.25) is 0 Å². The van der Waals surface area contributed by atoms with E-state index in [1.54, 1.807) is 7.11 Å². The Labute approximate surface area is 177 Å². The fourth-order valence-corrected chi connectivity index (χ4v) is 3.57. The molecular formula is C19H39IN4O2. The van der Waals surface area contributed by atoms with Crippen molar-refractivity contribution in [2.75, 3.05) is 66.6 Å². The Morgan fingerprint density at radius 1 is 1.08 bits per heavy atom. The lowest BCUT2D eigenvalue weighted by atomic mass is 9.97. The lowest BCUT2D eigenvalue weighted by molar-refractivity contribution is 0.00989. The van der Waals surface area contributed by atoms with Gasteiger partial charge in [-0.15, -0.1) is 24.0 Å². The number of halogens is 1. The summed E-state index contributed by atoms with van der Waals surface area (Å²) >= 11 is 0. The minimum Gasteiger partial charge on any atom is -0.385 e. The SMILES string of the molecule is CCNC(=NCC1CCN(C)CC1)N1CCC(OCCCOC)CC1.I. The quantitative estimate of drug-likeness (QED) is 0.249. The molecule has 0 aliphatic carbocycles. The van der Waals surface area contributed by atoms with E-state index in [4.69, 9.17) is 14.5 Å². The fourth-order valence-electron chi connectivity index (χ4n) is 3.57. The first kappa shape index (κ1) is 23.9. The van der Waals surface area contributed by atoms with Gasteiger partial charge in [-0.1, -0.05) is 0 Å². The van der Waals surface area contributed by atoms with Gasteiger partial charge in [-0.2, -0.15) is 0 Å². The first-order valence-corrected chi connectivity index (χ1v) is 10.0.